The molecule has 0 radical (unpaired) electrons. The number of aromatic nitrogens is 2. The zero-order chi connectivity index (χ0) is 23.2. The molecule has 0 saturated heterocycles. The van der Waals surface area contributed by atoms with Crippen molar-refractivity contribution in [1.29, 1.82) is 0 Å². The lowest BCUT2D eigenvalue weighted by Crippen LogP contribution is -2.37. The van der Waals surface area contributed by atoms with Gasteiger partial charge in [-0.05, 0) is 52.0 Å². The number of nitrogens with zero attached hydrogens (tertiary/aromatic N) is 2. The molecule has 4 rings (SSSR count). The lowest BCUT2D eigenvalue weighted by molar-refractivity contribution is -0.140. The van der Waals surface area contributed by atoms with Gasteiger partial charge in [0.1, 0.15) is 0 Å². The number of nitrogens with one attached hydrogen (secondary N) is 1. The standard InChI is InChI=1S/C26H29N3O3/c1-15(2)32-25(31)19-13-29(24(30)18-10-7-16(3)8-11-18)14-26(5,6)21-22(19)28-20-12-9-17(4)27-23(20)21/h7-13,15,28H,14H2,1-6H3. The predicted molar refractivity (Wildman–Crippen MR) is 125 cm³/mol. The molecule has 3 heterocycles. The highest BCUT2D eigenvalue weighted by Crippen LogP contribution is 2.40. The molecule has 2 aromatic heterocycles. The Hall–Kier alpha value is -3.41. The van der Waals surface area contributed by atoms with E-state index in [2.05, 4.69) is 18.8 Å². The largest absolute Gasteiger partial charge is 0.459 e. The van der Waals surface area contributed by atoms with Crippen LogP contribution in [0, 0.1) is 13.8 Å². The monoisotopic (exact) mass is 431 g/mol. The Morgan fingerprint density at radius 1 is 1.09 bits per heavy atom. The van der Waals surface area contributed by atoms with Gasteiger partial charge >= 0.3 is 5.97 Å². The molecule has 0 saturated carbocycles. The molecule has 0 fully saturated rings. The van der Waals surface area contributed by atoms with Crippen molar-refractivity contribution < 1.29 is 14.3 Å². The molecule has 6 heteroatoms. The van der Waals surface area contributed by atoms with Gasteiger partial charge in [0.05, 0.1) is 28.4 Å². The number of aryl methyl sites for hydroxylation is 2. The van der Waals surface area contributed by atoms with Gasteiger partial charge in [-0.1, -0.05) is 31.5 Å². The Morgan fingerprint density at radius 3 is 2.44 bits per heavy atom. The molecule has 1 amide bonds. The van der Waals surface area contributed by atoms with E-state index in [0.29, 0.717) is 23.4 Å². The molecular weight excluding hydrogens is 402 g/mol. The molecule has 1 aromatic carbocycles. The quantitative estimate of drug-likeness (QED) is 0.598. The third-order valence-electron chi connectivity index (χ3n) is 5.70. The number of aromatic amines is 1. The minimum absolute atomic E-state index is 0.161. The summed E-state index contributed by atoms with van der Waals surface area (Å²) in [6, 6.07) is 11.4. The molecule has 1 N–H and O–H groups in total. The second kappa shape index (κ2) is 7.93. The molecule has 0 spiro atoms. The van der Waals surface area contributed by atoms with Crippen LogP contribution in [-0.2, 0) is 14.9 Å². The van der Waals surface area contributed by atoms with E-state index in [1.54, 1.807) is 11.1 Å². The molecular formula is C26H29N3O3. The Morgan fingerprint density at radius 2 is 1.78 bits per heavy atom. The maximum absolute atomic E-state index is 13.4. The number of fused-ring (bicyclic) bond motifs is 3. The number of carbonyl (C=O) groups excluding carboxylic acids is 2. The second-order valence-electron chi connectivity index (χ2n) is 9.40. The van der Waals surface area contributed by atoms with Crippen LogP contribution >= 0.6 is 0 Å². The van der Waals surface area contributed by atoms with Gasteiger partial charge in [0, 0.05) is 35.0 Å². The van der Waals surface area contributed by atoms with Crippen molar-refractivity contribution in [3.05, 3.63) is 70.7 Å². The maximum Gasteiger partial charge on any atom is 0.342 e. The summed E-state index contributed by atoms with van der Waals surface area (Å²) in [6.45, 7) is 12.1. The Labute approximate surface area is 188 Å². The van der Waals surface area contributed by atoms with E-state index in [0.717, 1.165) is 27.9 Å². The van der Waals surface area contributed by atoms with Crippen molar-refractivity contribution >= 4 is 28.5 Å². The first kappa shape index (κ1) is 21.8. The lowest BCUT2D eigenvalue weighted by Gasteiger charge is -2.29. The normalized spacial score (nSPS) is 15.3. The Balaban J connectivity index is 1.90. The topological polar surface area (TPSA) is 75.3 Å². The fourth-order valence-electron chi connectivity index (χ4n) is 4.22. The first-order valence-corrected chi connectivity index (χ1v) is 10.9. The van der Waals surface area contributed by atoms with Gasteiger partial charge in [0.15, 0.2) is 0 Å². The minimum Gasteiger partial charge on any atom is -0.459 e. The number of ether oxygens (including phenoxy) is 1. The van der Waals surface area contributed by atoms with Crippen molar-refractivity contribution in [1.82, 2.24) is 14.9 Å². The van der Waals surface area contributed by atoms with Crippen LogP contribution in [0.3, 0.4) is 0 Å². The summed E-state index contributed by atoms with van der Waals surface area (Å²) >= 11 is 0. The van der Waals surface area contributed by atoms with E-state index < -0.39 is 11.4 Å². The minimum atomic E-state index is -0.469. The van der Waals surface area contributed by atoms with Crippen molar-refractivity contribution in [3.8, 4) is 0 Å². The number of amides is 1. The van der Waals surface area contributed by atoms with Gasteiger partial charge < -0.3 is 14.6 Å². The zero-order valence-corrected chi connectivity index (χ0v) is 19.4. The van der Waals surface area contributed by atoms with Gasteiger partial charge in [-0.25, -0.2) is 4.79 Å². The zero-order valence-electron chi connectivity index (χ0n) is 19.4. The molecule has 3 aromatic rings. The highest BCUT2D eigenvalue weighted by Gasteiger charge is 2.38. The molecule has 1 aliphatic heterocycles. The average Bonchev–Trinajstić information content (AvgIpc) is 3.04. The number of hydrogen-bond donors (Lipinski definition) is 1. The molecule has 0 aliphatic carbocycles. The van der Waals surface area contributed by atoms with E-state index in [1.807, 2.05) is 64.1 Å². The van der Waals surface area contributed by atoms with E-state index in [4.69, 9.17) is 9.72 Å². The van der Waals surface area contributed by atoms with E-state index in [9.17, 15) is 9.59 Å². The summed E-state index contributed by atoms with van der Waals surface area (Å²) < 4.78 is 5.55. The second-order valence-corrected chi connectivity index (χ2v) is 9.40. The van der Waals surface area contributed by atoms with Crippen molar-refractivity contribution in [2.24, 2.45) is 0 Å². The van der Waals surface area contributed by atoms with E-state index in [-0.39, 0.29) is 12.0 Å². The van der Waals surface area contributed by atoms with Crippen LogP contribution < -0.4 is 0 Å². The summed E-state index contributed by atoms with van der Waals surface area (Å²) in [5.41, 5.74) is 5.66. The molecule has 0 unspecified atom stereocenters. The summed E-state index contributed by atoms with van der Waals surface area (Å²) in [5, 5.41) is 0. The summed E-state index contributed by atoms with van der Waals surface area (Å²) in [5.74, 6) is -0.629. The molecule has 1 aliphatic rings. The van der Waals surface area contributed by atoms with Crippen LogP contribution in [0.15, 0.2) is 42.6 Å². The van der Waals surface area contributed by atoms with Gasteiger partial charge in [-0.3, -0.25) is 9.78 Å². The number of carbonyl (C=O) groups is 2. The fourth-order valence-corrected chi connectivity index (χ4v) is 4.22. The predicted octanol–water partition coefficient (Wildman–Crippen LogP) is 4.91. The van der Waals surface area contributed by atoms with Gasteiger partial charge in [0.25, 0.3) is 5.91 Å². The maximum atomic E-state index is 13.4. The summed E-state index contributed by atoms with van der Waals surface area (Å²) in [7, 11) is 0. The number of esters is 1. The highest BCUT2D eigenvalue weighted by atomic mass is 16.5. The fraction of sp³-hybridized carbons (Fsp3) is 0.346. The summed E-state index contributed by atoms with van der Waals surface area (Å²) in [6.07, 6.45) is 1.34. The van der Waals surface area contributed by atoms with Crippen LogP contribution in [0.4, 0.5) is 0 Å². The number of hydrogen-bond acceptors (Lipinski definition) is 4. The number of H-pyrrole nitrogens is 1. The van der Waals surface area contributed by atoms with Crippen LogP contribution in [-0.4, -0.2) is 39.4 Å². The molecule has 32 heavy (non-hydrogen) atoms. The first-order chi connectivity index (χ1) is 15.1. The number of rotatable bonds is 3. The van der Waals surface area contributed by atoms with Crippen molar-refractivity contribution in [2.75, 3.05) is 6.54 Å². The average molecular weight is 432 g/mol. The van der Waals surface area contributed by atoms with Crippen LogP contribution in [0.25, 0.3) is 16.6 Å². The van der Waals surface area contributed by atoms with E-state index in [1.165, 1.54) is 0 Å². The third kappa shape index (κ3) is 3.93. The van der Waals surface area contributed by atoms with Gasteiger partial charge in [0.2, 0.25) is 0 Å². The molecule has 6 nitrogen and oxygen atoms in total. The van der Waals surface area contributed by atoms with Gasteiger partial charge in [-0.2, -0.15) is 0 Å². The lowest BCUT2D eigenvalue weighted by atomic mass is 9.83. The Bertz CT molecular complexity index is 1230. The SMILES string of the molecule is Cc1ccc(C(=O)N2C=C(C(=O)OC(C)C)c3[nH]c4ccc(C)nc4c3C(C)(C)C2)cc1. The molecule has 0 bridgehead atoms. The van der Waals surface area contributed by atoms with Crippen LogP contribution in [0.5, 0.6) is 0 Å². The van der Waals surface area contributed by atoms with E-state index >= 15 is 0 Å². The van der Waals surface area contributed by atoms with Crippen LogP contribution in [0.2, 0.25) is 0 Å². The number of benzene rings is 1. The number of pyridine rings is 1. The Kier molecular flexibility index (Phi) is 5.41. The van der Waals surface area contributed by atoms with Crippen LogP contribution in [0.1, 0.15) is 60.6 Å². The van der Waals surface area contributed by atoms with Crippen molar-refractivity contribution in [2.45, 2.75) is 53.1 Å². The highest BCUT2D eigenvalue weighted by molar-refractivity contribution is 6.18. The van der Waals surface area contributed by atoms with Crippen molar-refractivity contribution in [3.63, 3.8) is 0 Å². The van der Waals surface area contributed by atoms with Gasteiger partial charge in [-0.15, -0.1) is 0 Å². The third-order valence-corrected chi connectivity index (χ3v) is 5.70. The first-order valence-electron chi connectivity index (χ1n) is 10.9. The smallest absolute Gasteiger partial charge is 0.342 e. The molecule has 166 valence electrons. The summed E-state index contributed by atoms with van der Waals surface area (Å²) in [4.78, 5) is 36.4. The molecule has 0 atom stereocenters.